The van der Waals surface area contributed by atoms with Crippen LogP contribution < -0.4 is 14.5 Å². The lowest BCUT2D eigenvalue weighted by Crippen LogP contribution is -2.22. The van der Waals surface area contributed by atoms with Crippen molar-refractivity contribution in [3.63, 3.8) is 0 Å². The lowest BCUT2D eigenvalue weighted by atomic mass is 10.0. The third kappa shape index (κ3) is 2.32. The molecule has 7 heteroatoms. The lowest BCUT2D eigenvalue weighted by molar-refractivity contribution is 0.367. The number of nitrogens with zero attached hydrogens (tertiary/aromatic N) is 2. The number of aromatic nitrogens is 2. The van der Waals surface area contributed by atoms with Gasteiger partial charge in [0, 0.05) is 20.0 Å². The Balaban J connectivity index is 2.84. The van der Waals surface area contributed by atoms with Crippen molar-refractivity contribution in [2.75, 3.05) is 7.11 Å². The van der Waals surface area contributed by atoms with Crippen molar-refractivity contribution in [1.29, 1.82) is 0 Å². The normalized spacial score (nSPS) is 10.4. The Morgan fingerprint density at radius 2 is 2.10 bits per heavy atom. The smallest absolute Gasteiger partial charge is 0.278 e. The standard InChI is InChI=1S/C13H14N2O4S/c1-7-6-8(16)4-5-9(7)10-11(19-20)12(18-3)14-15(2)13(10)17/h4-6,16,20H,1-3H3. The maximum atomic E-state index is 12.3. The van der Waals surface area contributed by atoms with Crippen LogP contribution in [0.15, 0.2) is 23.0 Å². The monoisotopic (exact) mass is 294 g/mol. The van der Waals surface area contributed by atoms with Gasteiger partial charge in [-0.05, 0) is 30.2 Å². The van der Waals surface area contributed by atoms with Gasteiger partial charge in [-0.2, -0.15) is 0 Å². The van der Waals surface area contributed by atoms with Crippen LogP contribution >= 0.6 is 12.9 Å². The molecule has 1 aromatic heterocycles. The van der Waals surface area contributed by atoms with Crippen molar-refractivity contribution >= 4 is 12.9 Å². The van der Waals surface area contributed by atoms with E-state index >= 15 is 0 Å². The Hall–Kier alpha value is -2.15. The van der Waals surface area contributed by atoms with Gasteiger partial charge in [-0.1, -0.05) is 6.07 Å². The number of methoxy groups -OCH3 is 1. The number of hydrogen-bond acceptors (Lipinski definition) is 6. The molecule has 1 aromatic carbocycles. The second kappa shape index (κ2) is 5.46. The van der Waals surface area contributed by atoms with Crippen LogP contribution in [0, 0.1) is 6.92 Å². The molecule has 0 aliphatic carbocycles. The third-order valence-corrected chi connectivity index (χ3v) is 3.12. The molecule has 0 fully saturated rings. The first kappa shape index (κ1) is 14.3. The summed E-state index contributed by atoms with van der Waals surface area (Å²) in [5.74, 6) is 0.426. The van der Waals surface area contributed by atoms with Gasteiger partial charge in [-0.3, -0.25) is 4.79 Å². The van der Waals surface area contributed by atoms with Crippen LogP contribution in [0.2, 0.25) is 0 Å². The Kier molecular flexibility index (Phi) is 3.89. The quantitative estimate of drug-likeness (QED) is 0.666. The zero-order valence-corrected chi connectivity index (χ0v) is 12.1. The molecular weight excluding hydrogens is 280 g/mol. The maximum absolute atomic E-state index is 12.3. The minimum absolute atomic E-state index is 0.123. The largest absolute Gasteiger partial charge is 0.508 e. The zero-order chi connectivity index (χ0) is 14.9. The minimum atomic E-state index is -0.344. The van der Waals surface area contributed by atoms with E-state index in [4.69, 9.17) is 8.92 Å². The van der Waals surface area contributed by atoms with Gasteiger partial charge in [0.05, 0.1) is 12.7 Å². The van der Waals surface area contributed by atoms with Crippen LogP contribution in [-0.4, -0.2) is 22.0 Å². The van der Waals surface area contributed by atoms with Gasteiger partial charge in [0.1, 0.15) is 5.75 Å². The number of aromatic hydroxyl groups is 1. The summed E-state index contributed by atoms with van der Waals surface area (Å²) in [7, 11) is 2.95. The summed E-state index contributed by atoms with van der Waals surface area (Å²) in [6.07, 6.45) is 0. The fourth-order valence-electron chi connectivity index (χ4n) is 1.98. The third-order valence-electron chi connectivity index (χ3n) is 2.93. The predicted molar refractivity (Wildman–Crippen MR) is 77.5 cm³/mol. The number of phenols is 1. The molecule has 1 heterocycles. The van der Waals surface area contributed by atoms with Crippen molar-refractivity contribution in [3.8, 4) is 28.5 Å². The fraction of sp³-hybridized carbons (Fsp3) is 0.231. The molecule has 0 unspecified atom stereocenters. The van der Waals surface area contributed by atoms with E-state index in [2.05, 4.69) is 18.0 Å². The number of ether oxygens (including phenoxy) is 1. The molecule has 0 saturated carbocycles. The molecule has 2 aromatic rings. The Morgan fingerprint density at radius 3 is 2.65 bits per heavy atom. The summed E-state index contributed by atoms with van der Waals surface area (Å²) < 4.78 is 11.2. The highest BCUT2D eigenvalue weighted by Crippen LogP contribution is 2.36. The summed E-state index contributed by atoms with van der Waals surface area (Å²) in [5.41, 5.74) is 1.28. The molecule has 6 nitrogen and oxygen atoms in total. The lowest BCUT2D eigenvalue weighted by Gasteiger charge is -2.13. The van der Waals surface area contributed by atoms with Crippen molar-refractivity contribution < 1.29 is 14.0 Å². The molecule has 0 amide bonds. The van der Waals surface area contributed by atoms with Gasteiger partial charge >= 0.3 is 0 Å². The van der Waals surface area contributed by atoms with E-state index in [1.54, 1.807) is 19.1 Å². The molecular formula is C13H14N2O4S. The number of thiol groups is 1. The van der Waals surface area contributed by atoms with E-state index in [1.807, 2.05) is 0 Å². The average molecular weight is 294 g/mol. The van der Waals surface area contributed by atoms with Crippen LogP contribution in [0.5, 0.6) is 17.4 Å². The highest BCUT2D eigenvalue weighted by Gasteiger charge is 2.21. The summed E-state index contributed by atoms with van der Waals surface area (Å²) >= 11 is 3.77. The predicted octanol–water partition coefficient (Wildman–Crippen LogP) is 1.69. The zero-order valence-electron chi connectivity index (χ0n) is 11.2. The summed E-state index contributed by atoms with van der Waals surface area (Å²) in [5, 5.41) is 13.4. The van der Waals surface area contributed by atoms with Crippen LogP contribution in [0.25, 0.3) is 11.1 Å². The van der Waals surface area contributed by atoms with E-state index in [0.717, 1.165) is 10.2 Å². The first-order chi connectivity index (χ1) is 9.49. The van der Waals surface area contributed by atoms with Crippen molar-refractivity contribution in [3.05, 3.63) is 34.1 Å². The van der Waals surface area contributed by atoms with E-state index in [9.17, 15) is 9.90 Å². The first-order valence-electron chi connectivity index (χ1n) is 5.76. The number of benzene rings is 1. The summed E-state index contributed by atoms with van der Waals surface area (Å²) in [4.78, 5) is 12.3. The molecule has 0 spiro atoms. The summed E-state index contributed by atoms with van der Waals surface area (Å²) in [6.45, 7) is 1.78. The van der Waals surface area contributed by atoms with Gasteiger partial charge in [0.25, 0.3) is 11.4 Å². The second-order valence-corrected chi connectivity index (χ2v) is 4.42. The van der Waals surface area contributed by atoms with Gasteiger partial charge in [-0.15, -0.1) is 5.10 Å². The van der Waals surface area contributed by atoms with Crippen LogP contribution in [0.4, 0.5) is 0 Å². The highest BCUT2D eigenvalue weighted by atomic mass is 32.1. The highest BCUT2D eigenvalue weighted by molar-refractivity contribution is 7.75. The van der Waals surface area contributed by atoms with Gasteiger partial charge in [0.2, 0.25) is 5.75 Å². The molecule has 2 rings (SSSR count). The molecule has 20 heavy (non-hydrogen) atoms. The Bertz CT molecular complexity index is 712. The SMILES string of the molecule is COc1nn(C)c(=O)c(-c2ccc(O)cc2C)c1OS. The molecule has 0 aliphatic heterocycles. The van der Waals surface area contributed by atoms with E-state index in [-0.39, 0.29) is 28.5 Å². The first-order valence-corrected chi connectivity index (χ1v) is 6.12. The van der Waals surface area contributed by atoms with Gasteiger partial charge in [-0.25, -0.2) is 4.68 Å². The molecule has 0 bridgehead atoms. The van der Waals surface area contributed by atoms with Crippen molar-refractivity contribution in [2.45, 2.75) is 6.92 Å². The van der Waals surface area contributed by atoms with Crippen molar-refractivity contribution in [2.24, 2.45) is 7.05 Å². The molecule has 0 saturated heterocycles. The number of hydrogen-bond donors (Lipinski definition) is 2. The van der Waals surface area contributed by atoms with Crippen LogP contribution in [0.3, 0.4) is 0 Å². The van der Waals surface area contributed by atoms with Crippen LogP contribution in [-0.2, 0) is 7.05 Å². The Labute approximate surface area is 121 Å². The van der Waals surface area contributed by atoms with E-state index in [0.29, 0.717) is 5.56 Å². The number of phenolic OH excluding ortho intramolecular Hbond substituents is 1. The molecule has 0 radical (unpaired) electrons. The van der Waals surface area contributed by atoms with Gasteiger partial charge in [0.15, 0.2) is 0 Å². The van der Waals surface area contributed by atoms with E-state index < -0.39 is 0 Å². The second-order valence-electron chi connectivity index (χ2n) is 4.23. The fourth-order valence-corrected chi connectivity index (χ4v) is 2.15. The van der Waals surface area contributed by atoms with Crippen molar-refractivity contribution in [1.82, 2.24) is 9.78 Å². The minimum Gasteiger partial charge on any atom is -0.508 e. The maximum Gasteiger partial charge on any atom is 0.278 e. The van der Waals surface area contributed by atoms with Gasteiger partial charge < -0.3 is 14.0 Å². The number of rotatable bonds is 3. The molecule has 0 atom stereocenters. The topological polar surface area (TPSA) is 73.6 Å². The molecule has 1 N–H and O–H groups in total. The average Bonchev–Trinajstić information content (AvgIpc) is 2.42. The Morgan fingerprint density at radius 1 is 1.40 bits per heavy atom. The summed E-state index contributed by atoms with van der Waals surface area (Å²) in [6, 6.07) is 4.69. The van der Waals surface area contributed by atoms with Crippen LogP contribution in [0.1, 0.15) is 5.56 Å². The molecule has 106 valence electrons. The molecule has 0 aliphatic rings. The van der Waals surface area contributed by atoms with E-state index in [1.165, 1.54) is 20.2 Å². The number of aryl methyl sites for hydroxylation is 2.